The van der Waals surface area contributed by atoms with Crippen molar-refractivity contribution in [2.24, 2.45) is 0 Å². The second-order valence-electron chi connectivity index (χ2n) is 7.61. The Balaban J connectivity index is 1.38. The van der Waals surface area contributed by atoms with Crippen LogP contribution in [0, 0.1) is 0 Å². The highest BCUT2D eigenvalue weighted by Gasteiger charge is 2.11. The second kappa shape index (κ2) is 8.81. The lowest BCUT2D eigenvalue weighted by Crippen LogP contribution is -2.23. The monoisotopic (exact) mass is 424 g/mol. The van der Waals surface area contributed by atoms with E-state index in [4.69, 9.17) is 5.73 Å². The largest absolute Gasteiger partial charge is 0.397 e. The molecule has 0 fully saturated rings. The van der Waals surface area contributed by atoms with Crippen molar-refractivity contribution in [2.75, 3.05) is 11.1 Å². The third-order valence-corrected chi connectivity index (χ3v) is 5.27. The molecule has 0 saturated carbocycles. The van der Waals surface area contributed by atoms with Gasteiger partial charge in [0.05, 0.1) is 11.4 Å². The van der Waals surface area contributed by atoms with Crippen LogP contribution < -0.4 is 16.4 Å². The number of H-pyrrole nitrogens is 1. The van der Waals surface area contributed by atoms with Crippen LogP contribution in [0.1, 0.15) is 38.9 Å². The summed E-state index contributed by atoms with van der Waals surface area (Å²) < 4.78 is 0. The van der Waals surface area contributed by atoms with Crippen molar-refractivity contribution in [3.8, 4) is 0 Å². The highest BCUT2D eigenvalue weighted by molar-refractivity contribution is 6.01. The molecule has 3 aromatic carbocycles. The van der Waals surface area contributed by atoms with Gasteiger partial charge in [0.15, 0.2) is 5.78 Å². The van der Waals surface area contributed by atoms with Crippen LogP contribution in [0.2, 0.25) is 0 Å². The summed E-state index contributed by atoms with van der Waals surface area (Å²) in [6, 6.07) is 22.4. The fourth-order valence-corrected chi connectivity index (χ4v) is 3.42. The standard InChI is InChI=1S/C26H24N4O2/c1-16(29-24-6-4-3-5-22(24)27)19-9-7-18(8-10-19)15-28-26(32)25-14-21-13-20(17(2)31)11-12-23(21)30-25/h3-14,29-30H,1,15,27H2,2H3,(H,28,32). The maximum Gasteiger partial charge on any atom is 0.267 e. The zero-order valence-corrected chi connectivity index (χ0v) is 17.7. The van der Waals surface area contributed by atoms with Gasteiger partial charge in [-0.3, -0.25) is 9.59 Å². The fraction of sp³-hybridized carbons (Fsp3) is 0.0769. The zero-order valence-electron chi connectivity index (χ0n) is 17.7. The minimum atomic E-state index is -0.208. The number of carbonyl (C=O) groups is 2. The molecule has 0 atom stereocenters. The summed E-state index contributed by atoms with van der Waals surface area (Å²) in [5.41, 5.74) is 12.0. The third-order valence-electron chi connectivity index (χ3n) is 5.27. The number of nitrogen functional groups attached to an aromatic ring is 1. The first-order valence-electron chi connectivity index (χ1n) is 10.2. The highest BCUT2D eigenvalue weighted by Crippen LogP contribution is 2.23. The summed E-state index contributed by atoms with van der Waals surface area (Å²) >= 11 is 0. The fourth-order valence-electron chi connectivity index (χ4n) is 3.42. The number of rotatable bonds is 7. The number of ketones is 1. The Labute approximate surface area is 186 Å². The zero-order chi connectivity index (χ0) is 22.7. The molecule has 160 valence electrons. The normalized spacial score (nSPS) is 10.7. The van der Waals surface area contributed by atoms with E-state index in [-0.39, 0.29) is 11.7 Å². The van der Waals surface area contributed by atoms with E-state index in [0.29, 0.717) is 23.5 Å². The molecule has 4 aromatic rings. The van der Waals surface area contributed by atoms with Gasteiger partial charge in [-0.2, -0.15) is 0 Å². The van der Waals surface area contributed by atoms with Crippen molar-refractivity contribution >= 4 is 39.7 Å². The molecule has 6 nitrogen and oxygen atoms in total. The predicted molar refractivity (Wildman–Crippen MR) is 129 cm³/mol. The summed E-state index contributed by atoms with van der Waals surface area (Å²) in [6.45, 7) is 5.99. The Bertz CT molecular complexity index is 1320. The number of anilines is 2. The lowest BCUT2D eigenvalue weighted by molar-refractivity contribution is 0.0946. The van der Waals surface area contributed by atoms with E-state index >= 15 is 0 Å². The molecular weight excluding hydrogens is 400 g/mol. The number of nitrogens with one attached hydrogen (secondary N) is 3. The molecule has 0 aliphatic rings. The molecule has 6 heteroatoms. The molecule has 0 aliphatic heterocycles. The van der Waals surface area contributed by atoms with E-state index in [1.54, 1.807) is 18.2 Å². The molecule has 1 amide bonds. The van der Waals surface area contributed by atoms with Crippen LogP contribution in [0.25, 0.3) is 16.6 Å². The van der Waals surface area contributed by atoms with Crippen molar-refractivity contribution in [1.29, 1.82) is 0 Å². The number of aromatic amines is 1. The van der Waals surface area contributed by atoms with E-state index < -0.39 is 0 Å². The summed E-state index contributed by atoms with van der Waals surface area (Å²) in [4.78, 5) is 27.2. The van der Waals surface area contributed by atoms with Crippen molar-refractivity contribution < 1.29 is 9.59 Å². The summed E-state index contributed by atoms with van der Waals surface area (Å²) in [7, 11) is 0. The quantitative estimate of drug-likeness (QED) is 0.249. The average molecular weight is 425 g/mol. The van der Waals surface area contributed by atoms with Crippen molar-refractivity contribution in [2.45, 2.75) is 13.5 Å². The average Bonchev–Trinajstić information content (AvgIpc) is 3.23. The number of carbonyl (C=O) groups excluding carboxylic acids is 2. The van der Waals surface area contributed by atoms with Crippen LogP contribution in [0.4, 0.5) is 11.4 Å². The van der Waals surface area contributed by atoms with Gasteiger partial charge in [0.2, 0.25) is 0 Å². The van der Waals surface area contributed by atoms with Gasteiger partial charge in [-0.05, 0) is 54.4 Å². The molecule has 1 heterocycles. The van der Waals surface area contributed by atoms with Crippen LogP contribution in [0.3, 0.4) is 0 Å². The first-order valence-corrected chi connectivity index (χ1v) is 10.2. The maximum absolute atomic E-state index is 12.6. The van der Waals surface area contributed by atoms with E-state index in [9.17, 15) is 9.59 Å². The van der Waals surface area contributed by atoms with E-state index in [1.165, 1.54) is 6.92 Å². The molecule has 0 aliphatic carbocycles. The van der Waals surface area contributed by atoms with E-state index in [0.717, 1.165) is 33.4 Å². The molecule has 32 heavy (non-hydrogen) atoms. The number of fused-ring (bicyclic) bond motifs is 1. The lowest BCUT2D eigenvalue weighted by Gasteiger charge is -2.12. The minimum absolute atomic E-state index is 0.00679. The van der Waals surface area contributed by atoms with Gasteiger partial charge in [-0.25, -0.2) is 0 Å². The third kappa shape index (κ3) is 4.54. The van der Waals surface area contributed by atoms with Crippen LogP contribution in [0.5, 0.6) is 0 Å². The summed E-state index contributed by atoms with van der Waals surface area (Å²) in [5, 5.41) is 6.98. The number of Topliss-reactive ketones (excluding diaryl/α,β-unsaturated/α-hetero) is 1. The van der Waals surface area contributed by atoms with Gasteiger partial charge in [0.25, 0.3) is 5.91 Å². The molecule has 4 rings (SSSR count). The van der Waals surface area contributed by atoms with Crippen molar-refractivity contribution in [3.05, 3.63) is 102 Å². The molecule has 0 spiro atoms. The number of hydrogen-bond donors (Lipinski definition) is 4. The van der Waals surface area contributed by atoms with Gasteiger partial charge in [-0.15, -0.1) is 0 Å². The Hall–Kier alpha value is -4.32. The molecular formula is C26H24N4O2. The van der Waals surface area contributed by atoms with Gasteiger partial charge in [0, 0.05) is 28.7 Å². The van der Waals surface area contributed by atoms with Crippen LogP contribution in [-0.2, 0) is 6.54 Å². The van der Waals surface area contributed by atoms with Crippen LogP contribution in [0.15, 0.2) is 79.4 Å². The molecule has 0 saturated heterocycles. The van der Waals surface area contributed by atoms with Crippen molar-refractivity contribution in [1.82, 2.24) is 10.3 Å². The minimum Gasteiger partial charge on any atom is -0.397 e. The Morgan fingerprint density at radius 2 is 1.69 bits per heavy atom. The maximum atomic E-state index is 12.6. The van der Waals surface area contributed by atoms with Crippen LogP contribution >= 0.6 is 0 Å². The highest BCUT2D eigenvalue weighted by atomic mass is 16.1. The molecule has 0 unspecified atom stereocenters. The number of para-hydroxylation sites is 2. The van der Waals surface area contributed by atoms with Gasteiger partial charge in [-0.1, -0.05) is 43.0 Å². The Morgan fingerprint density at radius 3 is 2.41 bits per heavy atom. The first-order chi connectivity index (χ1) is 15.4. The number of hydrogen-bond acceptors (Lipinski definition) is 4. The number of aromatic nitrogens is 1. The van der Waals surface area contributed by atoms with Gasteiger partial charge < -0.3 is 21.4 Å². The Morgan fingerprint density at radius 1 is 0.969 bits per heavy atom. The Kier molecular flexibility index (Phi) is 5.77. The summed E-state index contributed by atoms with van der Waals surface area (Å²) in [5.74, 6) is -0.215. The van der Waals surface area contributed by atoms with E-state index in [1.807, 2.05) is 54.6 Å². The van der Waals surface area contributed by atoms with Crippen LogP contribution in [-0.4, -0.2) is 16.7 Å². The summed E-state index contributed by atoms with van der Waals surface area (Å²) in [6.07, 6.45) is 0. The molecule has 0 radical (unpaired) electrons. The smallest absolute Gasteiger partial charge is 0.267 e. The molecule has 0 bridgehead atoms. The lowest BCUT2D eigenvalue weighted by atomic mass is 10.1. The number of nitrogens with two attached hydrogens (primary N) is 1. The topological polar surface area (TPSA) is 100 Å². The molecule has 5 N–H and O–H groups in total. The first kappa shape index (κ1) is 20.9. The van der Waals surface area contributed by atoms with Crippen molar-refractivity contribution in [3.63, 3.8) is 0 Å². The SMILES string of the molecule is C=C(Nc1ccccc1N)c1ccc(CNC(=O)c2cc3cc(C(C)=O)ccc3[nH]2)cc1. The number of amides is 1. The number of benzene rings is 3. The predicted octanol–water partition coefficient (Wildman–Crippen LogP) is 4.97. The van der Waals surface area contributed by atoms with E-state index in [2.05, 4.69) is 22.2 Å². The van der Waals surface area contributed by atoms with Gasteiger partial charge in [0.1, 0.15) is 5.69 Å². The molecule has 1 aromatic heterocycles. The van der Waals surface area contributed by atoms with Gasteiger partial charge >= 0.3 is 0 Å². The second-order valence-corrected chi connectivity index (χ2v) is 7.61.